The summed E-state index contributed by atoms with van der Waals surface area (Å²) in [7, 11) is 3.05. The summed E-state index contributed by atoms with van der Waals surface area (Å²) in [5.74, 6) is 0.526. The lowest BCUT2D eigenvalue weighted by Crippen LogP contribution is -2.00. The van der Waals surface area contributed by atoms with Crippen LogP contribution in [0.3, 0.4) is 0 Å². The van der Waals surface area contributed by atoms with Gasteiger partial charge >= 0.3 is 0 Å². The minimum absolute atomic E-state index is 0.320. The van der Waals surface area contributed by atoms with E-state index in [0.717, 1.165) is 11.8 Å². The normalized spacial score (nSPS) is 10.8. The van der Waals surface area contributed by atoms with Crippen LogP contribution in [0, 0.1) is 17.0 Å². The van der Waals surface area contributed by atoms with Crippen molar-refractivity contribution in [3.63, 3.8) is 0 Å². The van der Waals surface area contributed by atoms with Gasteiger partial charge in [0, 0.05) is 30.5 Å². The van der Waals surface area contributed by atoms with Gasteiger partial charge in [-0.15, -0.1) is 0 Å². The zero-order valence-electron chi connectivity index (χ0n) is 9.97. The Morgan fingerprint density at radius 1 is 1.53 bits per heavy atom. The number of methoxy groups -OCH3 is 2. The van der Waals surface area contributed by atoms with E-state index in [1.54, 1.807) is 20.2 Å². The number of hydrogen-bond donors (Lipinski definition) is 0. The molecule has 0 amide bonds. The first-order valence-electron chi connectivity index (χ1n) is 4.93. The predicted octanol–water partition coefficient (Wildman–Crippen LogP) is 1.79. The van der Waals surface area contributed by atoms with Gasteiger partial charge in [-0.3, -0.25) is 15.1 Å². The van der Waals surface area contributed by atoms with E-state index in [0.29, 0.717) is 23.6 Å². The van der Waals surface area contributed by atoms with Gasteiger partial charge in [0.05, 0.1) is 24.3 Å². The molecule has 0 aliphatic rings. The largest absolute Gasteiger partial charge is 0.494 e. The molecule has 0 aliphatic heterocycles. The molecule has 0 unspecified atom stereocenters. The molecule has 17 heavy (non-hydrogen) atoms. The van der Waals surface area contributed by atoms with Crippen molar-refractivity contribution in [2.24, 2.45) is 0 Å². The van der Waals surface area contributed by atoms with Crippen molar-refractivity contribution in [3.05, 3.63) is 39.3 Å². The van der Waals surface area contributed by atoms with Gasteiger partial charge in [0.1, 0.15) is 5.75 Å². The lowest BCUT2D eigenvalue weighted by Gasteiger charge is -2.11. The van der Waals surface area contributed by atoms with Crippen molar-refractivity contribution in [2.75, 3.05) is 14.2 Å². The summed E-state index contributed by atoms with van der Waals surface area (Å²) in [6.45, 7) is 2.10. The summed E-state index contributed by atoms with van der Waals surface area (Å²) >= 11 is 0. The van der Waals surface area contributed by atoms with E-state index in [4.69, 9.17) is 9.47 Å². The van der Waals surface area contributed by atoms with Crippen LogP contribution in [-0.4, -0.2) is 24.1 Å². The Bertz CT molecular complexity index is 443. The lowest BCUT2D eigenvalue weighted by molar-refractivity contribution is -0.400. The summed E-state index contributed by atoms with van der Waals surface area (Å²) < 4.78 is 10.2. The smallest absolute Gasteiger partial charge is 0.235 e. The summed E-state index contributed by atoms with van der Waals surface area (Å²) in [6.07, 6.45) is 3.89. The Labute approximate surface area is 99.0 Å². The summed E-state index contributed by atoms with van der Waals surface area (Å²) in [5.41, 5.74) is 2.04. The third-order valence-electron chi connectivity index (χ3n) is 2.20. The van der Waals surface area contributed by atoms with Crippen LogP contribution in [-0.2, 0) is 11.3 Å². The zero-order valence-corrected chi connectivity index (χ0v) is 9.97. The first-order chi connectivity index (χ1) is 8.10. The van der Waals surface area contributed by atoms with Crippen molar-refractivity contribution in [3.8, 4) is 5.75 Å². The van der Waals surface area contributed by atoms with E-state index in [1.165, 1.54) is 13.2 Å². The van der Waals surface area contributed by atoms with Gasteiger partial charge in [-0.2, -0.15) is 0 Å². The first kappa shape index (κ1) is 13.1. The summed E-state index contributed by atoms with van der Waals surface area (Å²) in [5, 5.41) is 10.4. The highest BCUT2D eigenvalue weighted by Crippen LogP contribution is 2.26. The van der Waals surface area contributed by atoms with E-state index >= 15 is 0 Å². The molecule has 1 rings (SSSR count). The molecular formula is C11H14N2O4. The fourth-order valence-electron chi connectivity index (χ4n) is 1.49. The quantitative estimate of drug-likeness (QED) is 0.577. The third kappa shape index (κ3) is 3.25. The van der Waals surface area contributed by atoms with Crippen molar-refractivity contribution >= 4 is 6.08 Å². The Morgan fingerprint density at radius 2 is 2.24 bits per heavy atom. The van der Waals surface area contributed by atoms with Gasteiger partial charge in [-0.25, -0.2) is 0 Å². The third-order valence-corrected chi connectivity index (χ3v) is 2.20. The van der Waals surface area contributed by atoms with Gasteiger partial charge in [-0.05, 0) is 6.92 Å². The number of aromatic nitrogens is 1. The highest BCUT2D eigenvalue weighted by atomic mass is 16.6. The molecule has 0 aromatic carbocycles. The van der Waals surface area contributed by atoms with Gasteiger partial charge in [0.25, 0.3) is 0 Å². The molecule has 0 spiro atoms. The van der Waals surface area contributed by atoms with Crippen molar-refractivity contribution in [2.45, 2.75) is 13.5 Å². The minimum atomic E-state index is -0.522. The number of rotatable bonds is 5. The van der Waals surface area contributed by atoms with Gasteiger partial charge in [0.2, 0.25) is 6.20 Å². The van der Waals surface area contributed by atoms with Crippen molar-refractivity contribution in [1.82, 2.24) is 4.98 Å². The molecule has 0 radical (unpaired) electrons. The molecule has 0 atom stereocenters. The molecule has 6 nitrogen and oxygen atoms in total. The lowest BCUT2D eigenvalue weighted by atomic mass is 10.1. The second-order valence-corrected chi connectivity index (χ2v) is 3.35. The molecule has 1 heterocycles. The van der Waals surface area contributed by atoms with Crippen LogP contribution in [0.5, 0.6) is 5.75 Å². The van der Waals surface area contributed by atoms with E-state index in [9.17, 15) is 10.1 Å². The standard InChI is InChI=1S/C11H14N2O4/c1-8-11(17-3)10(4-5-13(14)15)9(6-12-8)7-16-2/h4-6H,7H2,1-3H3/b5-4+. The van der Waals surface area contributed by atoms with Crippen LogP contribution in [0.1, 0.15) is 16.8 Å². The van der Waals surface area contributed by atoms with Gasteiger partial charge in [0.15, 0.2) is 0 Å². The number of nitro groups is 1. The SMILES string of the molecule is COCc1cnc(C)c(OC)c1/C=C/[N+](=O)[O-]. The Morgan fingerprint density at radius 3 is 2.76 bits per heavy atom. The van der Waals surface area contributed by atoms with Gasteiger partial charge in [-0.1, -0.05) is 0 Å². The summed E-state index contributed by atoms with van der Waals surface area (Å²) in [6, 6.07) is 0. The molecule has 92 valence electrons. The predicted molar refractivity (Wildman–Crippen MR) is 62.3 cm³/mol. The van der Waals surface area contributed by atoms with Crippen molar-refractivity contribution in [1.29, 1.82) is 0 Å². The molecule has 0 fully saturated rings. The highest BCUT2D eigenvalue weighted by Gasteiger charge is 2.11. The zero-order chi connectivity index (χ0) is 12.8. The Balaban J connectivity index is 3.27. The van der Waals surface area contributed by atoms with E-state index in [1.807, 2.05) is 0 Å². The number of ether oxygens (including phenoxy) is 2. The maximum atomic E-state index is 10.4. The number of aryl methyl sites for hydroxylation is 1. The second-order valence-electron chi connectivity index (χ2n) is 3.35. The average Bonchev–Trinajstić information content (AvgIpc) is 2.29. The molecule has 0 saturated carbocycles. The number of pyridine rings is 1. The molecule has 6 heteroatoms. The number of hydrogen-bond acceptors (Lipinski definition) is 5. The fourth-order valence-corrected chi connectivity index (χ4v) is 1.49. The van der Waals surface area contributed by atoms with Crippen LogP contribution >= 0.6 is 0 Å². The Hall–Kier alpha value is -1.95. The molecule has 1 aromatic heterocycles. The maximum Gasteiger partial charge on any atom is 0.235 e. The van der Waals surface area contributed by atoms with Crippen LogP contribution < -0.4 is 4.74 Å². The molecule has 0 saturated heterocycles. The van der Waals surface area contributed by atoms with Crippen LogP contribution in [0.15, 0.2) is 12.4 Å². The van der Waals surface area contributed by atoms with E-state index in [-0.39, 0.29) is 0 Å². The molecule has 0 aliphatic carbocycles. The van der Waals surface area contributed by atoms with E-state index in [2.05, 4.69) is 4.98 Å². The number of nitrogens with zero attached hydrogens (tertiary/aromatic N) is 2. The van der Waals surface area contributed by atoms with Gasteiger partial charge < -0.3 is 9.47 Å². The summed E-state index contributed by atoms with van der Waals surface area (Å²) in [4.78, 5) is 14.0. The average molecular weight is 238 g/mol. The molecule has 0 N–H and O–H groups in total. The minimum Gasteiger partial charge on any atom is -0.494 e. The van der Waals surface area contributed by atoms with Crippen LogP contribution in [0.4, 0.5) is 0 Å². The van der Waals surface area contributed by atoms with Crippen LogP contribution in [0.2, 0.25) is 0 Å². The first-order valence-corrected chi connectivity index (χ1v) is 4.93. The topological polar surface area (TPSA) is 74.5 Å². The Kier molecular flexibility index (Phi) is 4.59. The monoisotopic (exact) mass is 238 g/mol. The molecular weight excluding hydrogens is 224 g/mol. The molecule has 1 aromatic rings. The highest BCUT2D eigenvalue weighted by molar-refractivity contribution is 5.61. The fraction of sp³-hybridized carbons (Fsp3) is 0.364. The van der Waals surface area contributed by atoms with E-state index < -0.39 is 4.92 Å². The van der Waals surface area contributed by atoms with Crippen molar-refractivity contribution < 1.29 is 14.4 Å². The van der Waals surface area contributed by atoms with Crippen LogP contribution in [0.25, 0.3) is 6.08 Å². The second kappa shape index (κ2) is 5.95. The molecule has 0 bridgehead atoms. The maximum absolute atomic E-state index is 10.4.